The van der Waals surface area contributed by atoms with Crippen molar-refractivity contribution in [2.24, 2.45) is 0 Å². The van der Waals surface area contributed by atoms with Gasteiger partial charge in [0.05, 0.1) is 11.0 Å². The molecule has 1 nitrogen and oxygen atoms in total. The second kappa shape index (κ2) is 13.5. The topological polar surface area (TPSA) is 4.93 Å². The number of terminal acetylenes is 1. The lowest BCUT2D eigenvalue weighted by Crippen LogP contribution is -2.25. The first-order valence-electron chi connectivity index (χ1n) is 19.4. The SMILES string of the molecule is C#Cc1ccc2c(c1)C(CCCC)(CCCC)c1cc(C#Cc3ccc(-n4c5ccc(C(C)(C)C)cc5c5cc(C(C)(C)C)ccc54)cc3)ccc1-2. The van der Waals surface area contributed by atoms with E-state index in [0.717, 1.165) is 35.2 Å². The van der Waals surface area contributed by atoms with Crippen LogP contribution in [0.4, 0.5) is 0 Å². The number of benzene rings is 5. The lowest BCUT2D eigenvalue weighted by atomic mass is 9.70. The third kappa shape index (κ3) is 6.26. The molecule has 1 heteroatoms. The van der Waals surface area contributed by atoms with E-state index in [1.54, 1.807) is 0 Å². The van der Waals surface area contributed by atoms with Gasteiger partial charge in [0.2, 0.25) is 0 Å². The summed E-state index contributed by atoms with van der Waals surface area (Å²) < 4.78 is 2.41. The Morgan fingerprint density at radius 3 is 1.50 bits per heavy atom. The molecule has 0 saturated heterocycles. The van der Waals surface area contributed by atoms with Gasteiger partial charge in [-0.1, -0.05) is 123 Å². The zero-order valence-corrected chi connectivity index (χ0v) is 32.5. The molecule has 0 bridgehead atoms. The van der Waals surface area contributed by atoms with Crippen molar-refractivity contribution in [3.8, 4) is 41.0 Å². The van der Waals surface area contributed by atoms with Crippen molar-refractivity contribution >= 4 is 21.8 Å². The van der Waals surface area contributed by atoms with Crippen molar-refractivity contribution in [1.29, 1.82) is 0 Å². The number of unbranched alkanes of at least 4 members (excludes halogenated alkanes) is 2. The van der Waals surface area contributed by atoms with Crippen LogP contribution < -0.4 is 0 Å². The zero-order valence-electron chi connectivity index (χ0n) is 32.5. The molecule has 262 valence electrons. The minimum Gasteiger partial charge on any atom is -0.309 e. The van der Waals surface area contributed by atoms with E-state index in [4.69, 9.17) is 6.42 Å². The van der Waals surface area contributed by atoms with Gasteiger partial charge in [0.15, 0.2) is 0 Å². The number of nitrogens with zero attached hydrogens (tertiary/aromatic N) is 1. The standard InChI is InChI=1S/C51H53N/c1-10-13-29-51(30-14-11-2)45-31-35(12-3)19-25-41(45)42-26-20-37(32-46(42)51)16-15-36-17-23-40(24-18-36)52-47-27-21-38(49(4,5)6)33-43(47)44-34-39(50(7,8)9)22-28-48(44)52/h3,17-28,31-34H,10-11,13-14,29-30H2,1-2,4-9H3. The van der Waals surface area contributed by atoms with Gasteiger partial charge < -0.3 is 4.57 Å². The Balaban J connectivity index is 1.27. The molecule has 0 amide bonds. The van der Waals surface area contributed by atoms with Gasteiger partial charge in [-0.15, -0.1) is 6.42 Å². The molecule has 0 unspecified atom stereocenters. The number of aromatic nitrogens is 1. The smallest absolute Gasteiger partial charge is 0.0541 e. The van der Waals surface area contributed by atoms with E-state index in [1.807, 2.05) is 0 Å². The highest BCUT2D eigenvalue weighted by molar-refractivity contribution is 6.10. The molecule has 0 spiro atoms. The lowest BCUT2D eigenvalue weighted by molar-refractivity contribution is 0.414. The Bertz CT molecular complexity index is 2320. The van der Waals surface area contributed by atoms with Gasteiger partial charge in [0.25, 0.3) is 0 Å². The maximum Gasteiger partial charge on any atom is 0.0541 e. The van der Waals surface area contributed by atoms with Crippen molar-refractivity contribution in [2.45, 2.75) is 110 Å². The molecule has 5 aromatic carbocycles. The summed E-state index contributed by atoms with van der Waals surface area (Å²) in [6, 6.07) is 36.3. The van der Waals surface area contributed by atoms with Crippen LogP contribution >= 0.6 is 0 Å². The molecular formula is C51H53N. The van der Waals surface area contributed by atoms with Gasteiger partial charge in [-0.3, -0.25) is 0 Å². The van der Waals surface area contributed by atoms with E-state index < -0.39 is 0 Å². The van der Waals surface area contributed by atoms with Crippen molar-refractivity contribution in [2.75, 3.05) is 0 Å². The third-order valence-corrected chi connectivity index (χ3v) is 11.4. The van der Waals surface area contributed by atoms with E-state index >= 15 is 0 Å². The average Bonchev–Trinajstić information content (AvgIpc) is 3.60. The first-order chi connectivity index (χ1) is 24.9. The molecule has 7 rings (SSSR count). The molecule has 0 fully saturated rings. The summed E-state index contributed by atoms with van der Waals surface area (Å²) in [5.74, 6) is 9.97. The van der Waals surface area contributed by atoms with Crippen LogP contribution in [-0.4, -0.2) is 4.57 Å². The molecule has 0 N–H and O–H groups in total. The minimum atomic E-state index is -0.0213. The molecule has 52 heavy (non-hydrogen) atoms. The van der Waals surface area contributed by atoms with Gasteiger partial charge in [0, 0.05) is 38.6 Å². The van der Waals surface area contributed by atoms with Crippen LogP contribution in [0.1, 0.15) is 133 Å². The monoisotopic (exact) mass is 679 g/mol. The van der Waals surface area contributed by atoms with E-state index in [1.165, 1.54) is 80.9 Å². The Morgan fingerprint density at radius 1 is 0.558 bits per heavy atom. The minimum absolute atomic E-state index is 0.0213. The summed E-state index contributed by atoms with van der Waals surface area (Å²) in [6.45, 7) is 18.3. The van der Waals surface area contributed by atoms with Crippen LogP contribution in [0.5, 0.6) is 0 Å². The van der Waals surface area contributed by atoms with E-state index in [-0.39, 0.29) is 16.2 Å². The fourth-order valence-corrected chi connectivity index (χ4v) is 8.36. The van der Waals surface area contributed by atoms with Crippen molar-refractivity contribution in [3.63, 3.8) is 0 Å². The summed E-state index contributed by atoms with van der Waals surface area (Å²) in [5.41, 5.74) is 15.0. The van der Waals surface area contributed by atoms with Gasteiger partial charge in [-0.25, -0.2) is 0 Å². The summed E-state index contributed by atoms with van der Waals surface area (Å²) >= 11 is 0. The Labute approximate surface area is 312 Å². The highest BCUT2D eigenvalue weighted by Gasteiger charge is 2.42. The Kier molecular flexibility index (Phi) is 9.22. The second-order valence-corrected chi connectivity index (χ2v) is 17.1. The van der Waals surface area contributed by atoms with Crippen LogP contribution in [0.15, 0.2) is 97.1 Å². The van der Waals surface area contributed by atoms with Crippen molar-refractivity contribution in [3.05, 3.63) is 136 Å². The predicted molar refractivity (Wildman–Crippen MR) is 224 cm³/mol. The van der Waals surface area contributed by atoms with Crippen LogP contribution in [0, 0.1) is 24.2 Å². The van der Waals surface area contributed by atoms with Crippen molar-refractivity contribution < 1.29 is 0 Å². The summed E-state index contributed by atoms with van der Waals surface area (Å²) in [7, 11) is 0. The zero-order chi connectivity index (χ0) is 36.8. The second-order valence-electron chi connectivity index (χ2n) is 17.1. The van der Waals surface area contributed by atoms with Gasteiger partial charge in [-0.2, -0.15) is 0 Å². The molecule has 1 aliphatic rings. The number of rotatable bonds is 7. The molecule has 0 saturated carbocycles. The van der Waals surface area contributed by atoms with Crippen LogP contribution in [-0.2, 0) is 16.2 Å². The summed E-state index contributed by atoms with van der Waals surface area (Å²) in [5, 5.41) is 2.61. The fourth-order valence-electron chi connectivity index (χ4n) is 8.36. The summed E-state index contributed by atoms with van der Waals surface area (Å²) in [4.78, 5) is 0. The maximum atomic E-state index is 5.91. The van der Waals surface area contributed by atoms with Crippen molar-refractivity contribution in [1.82, 2.24) is 4.57 Å². The van der Waals surface area contributed by atoms with Crippen LogP contribution in [0.2, 0.25) is 0 Å². The first-order valence-corrected chi connectivity index (χ1v) is 19.4. The van der Waals surface area contributed by atoms with Crippen LogP contribution in [0.3, 0.4) is 0 Å². The van der Waals surface area contributed by atoms with E-state index in [9.17, 15) is 0 Å². The molecule has 0 aliphatic heterocycles. The molecule has 1 heterocycles. The Morgan fingerprint density at radius 2 is 1.02 bits per heavy atom. The highest BCUT2D eigenvalue weighted by Crippen LogP contribution is 2.54. The average molecular weight is 680 g/mol. The quantitative estimate of drug-likeness (QED) is 0.148. The summed E-state index contributed by atoms with van der Waals surface area (Å²) in [6.07, 6.45) is 12.9. The normalized spacial score (nSPS) is 13.4. The first kappa shape index (κ1) is 35.4. The van der Waals surface area contributed by atoms with Crippen LogP contribution in [0.25, 0.3) is 38.6 Å². The predicted octanol–water partition coefficient (Wildman–Crippen LogP) is 13.4. The molecule has 0 atom stereocenters. The maximum absolute atomic E-state index is 5.91. The fraction of sp³-hybridized carbons (Fsp3) is 0.333. The molecule has 6 aromatic rings. The lowest BCUT2D eigenvalue weighted by Gasteiger charge is -2.33. The highest BCUT2D eigenvalue weighted by atomic mass is 15.0. The van der Waals surface area contributed by atoms with E-state index in [2.05, 4.69) is 175 Å². The molecular weight excluding hydrogens is 627 g/mol. The molecule has 1 aliphatic carbocycles. The third-order valence-electron chi connectivity index (χ3n) is 11.4. The molecule has 1 aromatic heterocycles. The number of fused-ring (bicyclic) bond motifs is 6. The number of hydrogen-bond donors (Lipinski definition) is 0. The van der Waals surface area contributed by atoms with Gasteiger partial charge in [0.1, 0.15) is 0 Å². The van der Waals surface area contributed by atoms with Gasteiger partial charge >= 0.3 is 0 Å². The van der Waals surface area contributed by atoms with Gasteiger partial charge in [-0.05, 0) is 130 Å². The Hall–Kier alpha value is -4.98. The number of hydrogen-bond acceptors (Lipinski definition) is 0. The molecule has 0 radical (unpaired) electrons. The largest absolute Gasteiger partial charge is 0.309 e. The van der Waals surface area contributed by atoms with E-state index in [0.29, 0.717) is 0 Å².